The highest BCUT2D eigenvalue weighted by atomic mass is 16.5. The van der Waals surface area contributed by atoms with Crippen molar-refractivity contribution in [2.75, 3.05) is 14.2 Å². The third-order valence-corrected chi connectivity index (χ3v) is 4.71. The topological polar surface area (TPSA) is 57.5 Å². The van der Waals surface area contributed by atoms with Gasteiger partial charge in [-0.15, -0.1) is 0 Å². The molecule has 3 aromatic rings. The first-order valence-electron chi connectivity index (χ1n) is 8.66. The second-order valence-electron chi connectivity index (χ2n) is 6.40. The van der Waals surface area contributed by atoms with Crippen molar-refractivity contribution < 1.29 is 19.1 Å². The molecule has 0 aliphatic heterocycles. The van der Waals surface area contributed by atoms with Crippen molar-refractivity contribution in [3.05, 3.63) is 35.4 Å². The molecule has 0 atom stereocenters. The average molecular weight is 353 g/mol. The number of hydrogen-bond acceptors (Lipinski definition) is 4. The molecule has 0 N–H and O–H groups in total. The number of hydrogen-bond donors (Lipinski definition) is 0. The SMILES string of the molecule is CCCn1c2cc(OC)c(C(C)=O)cc2c2cc(C(C)=O)c(OC)cc21. The maximum Gasteiger partial charge on any atom is 0.163 e. The lowest BCUT2D eigenvalue weighted by Crippen LogP contribution is -2.00. The van der Waals surface area contributed by atoms with Crippen LogP contribution in [-0.4, -0.2) is 30.4 Å². The quantitative estimate of drug-likeness (QED) is 0.606. The van der Waals surface area contributed by atoms with Crippen molar-refractivity contribution in [2.24, 2.45) is 0 Å². The van der Waals surface area contributed by atoms with Crippen LogP contribution in [0.3, 0.4) is 0 Å². The van der Waals surface area contributed by atoms with Crippen molar-refractivity contribution in [1.29, 1.82) is 0 Å². The molecule has 0 amide bonds. The Hall–Kier alpha value is -2.82. The van der Waals surface area contributed by atoms with E-state index in [-0.39, 0.29) is 11.6 Å². The van der Waals surface area contributed by atoms with E-state index in [9.17, 15) is 9.59 Å². The molecule has 5 heteroatoms. The number of aryl methyl sites for hydroxylation is 1. The van der Waals surface area contributed by atoms with E-state index >= 15 is 0 Å². The van der Waals surface area contributed by atoms with Crippen LogP contribution in [0.5, 0.6) is 11.5 Å². The maximum atomic E-state index is 12.1. The Balaban J connectivity index is 2.50. The van der Waals surface area contributed by atoms with Crippen LogP contribution in [0.25, 0.3) is 21.8 Å². The number of methoxy groups -OCH3 is 2. The number of benzene rings is 2. The van der Waals surface area contributed by atoms with E-state index in [4.69, 9.17) is 9.47 Å². The molecule has 0 bridgehead atoms. The fourth-order valence-electron chi connectivity index (χ4n) is 3.50. The standard InChI is InChI=1S/C21H23NO4/c1-6-7-22-18-10-20(25-4)14(12(2)23)8-16(18)17-9-15(13(3)24)21(26-5)11-19(17)22/h8-11H,6-7H2,1-5H3. The molecule has 3 rings (SSSR count). The Kier molecular flexibility index (Phi) is 4.72. The lowest BCUT2D eigenvalue weighted by Gasteiger charge is -2.10. The summed E-state index contributed by atoms with van der Waals surface area (Å²) in [6.45, 7) is 5.98. The summed E-state index contributed by atoms with van der Waals surface area (Å²) in [6, 6.07) is 7.53. The highest BCUT2D eigenvalue weighted by Crippen LogP contribution is 2.37. The van der Waals surface area contributed by atoms with Crippen LogP contribution < -0.4 is 9.47 Å². The smallest absolute Gasteiger partial charge is 0.163 e. The summed E-state index contributed by atoms with van der Waals surface area (Å²) < 4.78 is 13.1. The van der Waals surface area contributed by atoms with Crippen LogP contribution >= 0.6 is 0 Å². The highest BCUT2D eigenvalue weighted by molar-refractivity contribution is 6.14. The van der Waals surface area contributed by atoms with Gasteiger partial charge in [-0.2, -0.15) is 0 Å². The lowest BCUT2D eigenvalue weighted by atomic mass is 10.0. The predicted octanol–water partition coefficient (Wildman–Crippen LogP) is 4.63. The molecule has 0 saturated heterocycles. The summed E-state index contributed by atoms with van der Waals surface area (Å²) in [7, 11) is 3.13. The molecule has 0 spiro atoms. The summed E-state index contributed by atoms with van der Waals surface area (Å²) in [5, 5.41) is 1.87. The summed E-state index contributed by atoms with van der Waals surface area (Å²) in [6.07, 6.45) is 0.951. The molecule has 26 heavy (non-hydrogen) atoms. The van der Waals surface area contributed by atoms with E-state index in [1.54, 1.807) is 14.2 Å². The Morgan fingerprint density at radius 2 is 1.27 bits per heavy atom. The number of nitrogens with zero attached hydrogens (tertiary/aromatic N) is 1. The maximum absolute atomic E-state index is 12.1. The largest absolute Gasteiger partial charge is 0.496 e. The van der Waals surface area contributed by atoms with Gasteiger partial charge in [0.1, 0.15) is 11.5 Å². The zero-order valence-corrected chi connectivity index (χ0v) is 15.8. The van der Waals surface area contributed by atoms with Gasteiger partial charge in [0.25, 0.3) is 0 Å². The number of ether oxygens (including phenoxy) is 2. The van der Waals surface area contributed by atoms with Crippen molar-refractivity contribution in [2.45, 2.75) is 33.7 Å². The fourth-order valence-corrected chi connectivity index (χ4v) is 3.50. The van der Waals surface area contributed by atoms with Gasteiger partial charge in [-0.1, -0.05) is 6.92 Å². The fraction of sp³-hybridized carbons (Fsp3) is 0.333. The van der Waals surface area contributed by atoms with Crippen LogP contribution in [0, 0.1) is 0 Å². The minimum Gasteiger partial charge on any atom is -0.496 e. The van der Waals surface area contributed by atoms with E-state index < -0.39 is 0 Å². The first kappa shape index (κ1) is 18.0. The second kappa shape index (κ2) is 6.83. The number of aromatic nitrogens is 1. The Labute approximate surface area is 152 Å². The third kappa shape index (κ3) is 2.73. The molecule has 1 aromatic heterocycles. The molecule has 0 aliphatic carbocycles. The number of carbonyl (C=O) groups excluding carboxylic acids is 2. The van der Waals surface area contributed by atoms with Crippen LogP contribution in [0.4, 0.5) is 0 Å². The van der Waals surface area contributed by atoms with E-state index in [0.717, 1.165) is 34.8 Å². The van der Waals surface area contributed by atoms with Crippen LogP contribution in [0.15, 0.2) is 24.3 Å². The first-order valence-corrected chi connectivity index (χ1v) is 8.66. The average Bonchev–Trinajstić information content (AvgIpc) is 2.92. The Morgan fingerprint density at radius 3 is 1.58 bits per heavy atom. The molecule has 136 valence electrons. The molecular weight excluding hydrogens is 330 g/mol. The zero-order chi connectivity index (χ0) is 19.0. The third-order valence-electron chi connectivity index (χ3n) is 4.71. The van der Waals surface area contributed by atoms with Gasteiger partial charge in [0, 0.05) is 29.4 Å². The van der Waals surface area contributed by atoms with E-state index in [1.807, 2.05) is 24.3 Å². The van der Waals surface area contributed by atoms with Crippen molar-refractivity contribution in [3.8, 4) is 11.5 Å². The van der Waals surface area contributed by atoms with Gasteiger partial charge in [0.15, 0.2) is 11.6 Å². The number of rotatable bonds is 6. The number of fused-ring (bicyclic) bond motifs is 3. The summed E-state index contributed by atoms with van der Waals surface area (Å²) in [4.78, 5) is 24.1. The second-order valence-corrected chi connectivity index (χ2v) is 6.40. The molecule has 0 fully saturated rings. The van der Waals surface area contributed by atoms with Crippen LogP contribution in [-0.2, 0) is 6.54 Å². The zero-order valence-electron chi connectivity index (χ0n) is 15.8. The minimum atomic E-state index is -0.0551. The van der Waals surface area contributed by atoms with E-state index in [0.29, 0.717) is 22.6 Å². The highest BCUT2D eigenvalue weighted by Gasteiger charge is 2.19. The van der Waals surface area contributed by atoms with Gasteiger partial charge in [-0.25, -0.2) is 0 Å². The summed E-state index contributed by atoms with van der Waals surface area (Å²) in [5.41, 5.74) is 3.03. The van der Waals surface area contributed by atoms with E-state index in [2.05, 4.69) is 11.5 Å². The normalized spacial score (nSPS) is 11.1. The molecule has 1 heterocycles. The van der Waals surface area contributed by atoms with Gasteiger partial charge in [0.2, 0.25) is 0 Å². The minimum absolute atomic E-state index is 0.0551. The summed E-state index contributed by atoms with van der Waals surface area (Å²) >= 11 is 0. The predicted molar refractivity (Wildman–Crippen MR) is 103 cm³/mol. The Bertz CT molecular complexity index is 951. The van der Waals surface area contributed by atoms with Gasteiger partial charge >= 0.3 is 0 Å². The summed E-state index contributed by atoms with van der Waals surface area (Å²) in [5.74, 6) is 1.01. The lowest BCUT2D eigenvalue weighted by molar-refractivity contribution is 0.100. The first-order chi connectivity index (χ1) is 12.4. The number of ketones is 2. The molecule has 0 aliphatic rings. The van der Waals surface area contributed by atoms with Gasteiger partial charge in [-0.3, -0.25) is 9.59 Å². The monoisotopic (exact) mass is 353 g/mol. The number of carbonyl (C=O) groups is 2. The van der Waals surface area contributed by atoms with Gasteiger partial charge in [0.05, 0.1) is 36.4 Å². The molecule has 2 aromatic carbocycles. The Morgan fingerprint density at radius 1 is 0.846 bits per heavy atom. The molecular formula is C21H23NO4. The van der Waals surface area contributed by atoms with Crippen LogP contribution in [0.1, 0.15) is 47.9 Å². The van der Waals surface area contributed by atoms with E-state index in [1.165, 1.54) is 13.8 Å². The van der Waals surface area contributed by atoms with Crippen molar-refractivity contribution in [1.82, 2.24) is 4.57 Å². The molecule has 0 unspecified atom stereocenters. The van der Waals surface area contributed by atoms with Crippen molar-refractivity contribution >= 4 is 33.4 Å². The van der Waals surface area contributed by atoms with Gasteiger partial charge in [-0.05, 0) is 32.4 Å². The molecule has 5 nitrogen and oxygen atoms in total. The number of Topliss-reactive ketones (excluding diaryl/α,β-unsaturated/α-hetero) is 2. The molecule has 0 saturated carbocycles. The molecule has 0 radical (unpaired) electrons. The van der Waals surface area contributed by atoms with Crippen molar-refractivity contribution in [3.63, 3.8) is 0 Å². The van der Waals surface area contributed by atoms with Crippen LogP contribution in [0.2, 0.25) is 0 Å². The van der Waals surface area contributed by atoms with Gasteiger partial charge < -0.3 is 14.0 Å².